The number of hydrogen-bond acceptors (Lipinski definition) is 5. The number of amides is 1. The molecular formula is C23H31N3O4S. The largest absolute Gasteiger partial charge is 0.495 e. The van der Waals surface area contributed by atoms with E-state index in [9.17, 15) is 13.2 Å². The topological polar surface area (TPSA) is 70.2 Å². The molecule has 1 amide bonds. The minimum atomic E-state index is -3.74. The Kier molecular flexibility index (Phi) is 7.69. The van der Waals surface area contributed by atoms with Gasteiger partial charge < -0.3 is 9.64 Å². The van der Waals surface area contributed by atoms with Gasteiger partial charge in [0, 0.05) is 51.4 Å². The molecule has 0 N–H and O–H groups in total. The second-order valence-corrected chi connectivity index (χ2v) is 9.42. The Labute approximate surface area is 185 Å². The molecule has 0 spiro atoms. The van der Waals surface area contributed by atoms with Gasteiger partial charge in [-0.05, 0) is 23.8 Å². The van der Waals surface area contributed by atoms with Gasteiger partial charge in [0.25, 0.3) is 5.91 Å². The number of rotatable bonds is 8. The SMILES string of the molecule is CCN(CC)S(=O)(=O)c1cc(C(=O)N2CCN(Cc3ccccc3)CC2)ccc1OC. The van der Waals surface area contributed by atoms with Crippen LogP contribution in [0.1, 0.15) is 29.8 Å². The molecule has 1 fully saturated rings. The van der Waals surface area contributed by atoms with Crippen LogP contribution in [-0.4, -0.2) is 74.8 Å². The minimum Gasteiger partial charge on any atom is -0.495 e. The number of carbonyl (C=O) groups excluding carboxylic acids is 1. The maximum Gasteiger partial charge on any atom is 0.253 e. The van der Waals surface area contributed by atoms with Crippen LogP contribution in [0.2, 0.25) is 0 Å². The maximum atomic E-state index is 13.1. The van der Waals surface area contributed by atoms with Gasteiger partial charge in [-0.15, -0.1) is 0 Å². The number of piperazine rings is 1. The van der Waals surface area contributed by atoms with Crippen molar-refractivity contribution in [3.05, 3.63) is 59.7 Å². The van der Waals surface area contributed by atoms with E-state index in [0.29, 0.717) is 31.7 Å². The van der Waals surface area contributed by atoms with Crippen molar-refractivity contribution in [2.24, 2.45) is 0 Å². The van der Waals surface area contributed by atoms with Crippen LogP contribution in [0, 0.1) is 0 Å². The highest BCUT2D eigenvalue weighted by molar-refractivity contribution is 7.89. The molecule has 168 valence electrons. The van der Waals surface area contributed by atoms with Crippen molar-refractivity contribution in [3.63, 3.8) is 0 Å². The van der Waals surface area contributed by atoms with Crippen molar-refractivity contribution >= 4 is 15.9 Å². The summed E-state index contributed by atoms with van der Waals surface area (Å²) in [6.07, 6.45) is 0. The van der Waals surface area contributed by atoms with Crippen LogP contribution in [0.5, 0.6) is 5.75 Å². The van der Waals surface area contributed by atoms with Crippen LogP contribution in [0.25, 0.3) is 0 Å². The average Bonchev–Trinajstić information content (AvgIpc) is 2.80. The van der Waals surface area contributed by atoms with Crippen molar-refractivity contribution in [3.8, 4) is 5.75 Å². The molecule has 1 aliphatic rings. The van der Waals surface area contributed by atoms with E-state index in [4.69, 9.17) is 4.74 Å². The van der Waals surface area contributed by atoms with E-state index in [1.54, 1.807) is 30.9 Å². The molecule has 0 saturated carbocycles. The Morgan fingerprint density at radius 1 is 1.00 bits per heavy atom. The molecule has 0 aromatic heterocycles. The van der Waals surface area contributed by atoms with Crippen molar-refractivity contribution < 1.29 is 17.9 Å². The smallest absolute Gasteiger partial charge is 0.253 e. The highest BCUT2D eigenvalue weighted by Gasteiger charge is 2.28. The summed E-state index contributed by atoms with van der Waals surface area (Å²) in [5.41, 5.74) is 1.62. The lowest BCUT2D eigenvalue weighted by Gasteiger charge is -2.35. The molecule has 1 saturated heterocycles. The zero-order valence-electron chi connectivity index (χ0n) is 18.5. The average molecular weight is 446 g/mol. The molecule has 0 bridgehead atoms. The van der Waals surface area contributed by atoms with E-state index < -0.39 is 10.0 Å². The predicted octanol–water partition coefficient (Wildman–Crippen LogP) is 2.68. The summed E-state index contributed by atoms with van der Waals surface area (Å²) in [5, 5.41) is 0. The first-order valence-corrected chi connectivity index (χ1v) is 12.1. The van der Waals surface area contributed by atoms with Crippen molar-refractivity contribution in [2.45, 2.75) is 25.3 Å². The van der Waals surface area contributed by atoms with Gasteiger partial charge in [-0.2, -0.15) is 4.31 Å². The lowest BCUT2D eigenvalue weighted by molar-refractivity contribution is 0.0628. The summed E-state index contributed by atoms with van der Waals surface area (Å²) in [4.78, 5) is 17.3. The summed E-state index contributed by atoms with van der Waals surface area (Å²) < 4.78 is 32.8. The molecule has 7 nitrogen and oxygen atoms in total. The van der Waals surface area contributed by atoms with Crippen LogP contribution in [0.4, 0.5) is 0 Å². The number of methoxy groups -OCH3 is 1. The molecule has 2 aromatic carbocycles. The van der Waals surface area contributed by atoms with Gasteiger partial charge in [0.15, 0.2) is 0 Å². The number of benzene rings is 2. The zero-order chi connectivity index (χ0) is 22.4. The third-order valence-corrected chi connectivity index (χ3v) is 7.71. The van der Waals surface area contributed by atoms with Crippen molar-refractivity contribution in [1.82, 2.24) is 14.1 Å². The quantitative estimate of drug-likeness (QED) is 0.625. The maximum absolute atomic E-state index is 13.1. The fourth-order valence-electron chi connectivity index (χ4n) is 3.85. The Bertz CT molecular complexity index is 983. The second-order valence-electron chi connectivity index (χ2n) is 7.51. The fourth-order valence-corrected chi connectivity index (χ4v) is 5.49. The number of nitrogens with zero attached hydrogens (tertiary/aromatic N) is 3. The number of sulfonamides is 1. The van der Waals surface area contributed by atoms with E-state index in [2.05, 4.69) is 17.0 Å². The standard InChI is InChI=1S/C23H31N3O4S/c1-4-26(5-2)31(28,29)22-17-20(11-12-21(22)30-3)23(27)25-15-13-24(14-16-25)18-19-9-7-6-8-10-19/h6-12,17H,4-5,13-16,18H2,1-3H3. The molecule has 0 atom stereocenters. The lowest BCUT2D eigenvalue weighted by atomic mass is 10.1. The van der Waals surface area contributed by atoms with Crippen LogP contribution >= 0.6 is 0 Å². The van der Waals surface area contributed by atoms with Gasteiger partial charge in [0.2, 0.25) is 10.0 Å². The molecule has 0 radical (unpaired) electrons. The van der Waals surface area contributed by atoms with Crippen molar-refractivity contribution in [1.29, 1.82) is 0 Å². The molecule has 1 aliphatic heterocycles. The summed E-state index contributed by atoms with van der Waals surface area (Å²) >= 11 is 0. The number of carbonyl (C=O) groups is 1. The highest BCUT2D eigenvalue weighted by atomic mass is 32.2. The Morgan fingerprint density at radius 3 is 2.23 bits per heavy atom. The summed E-state index contributed by atoms with van der Waals surface area (Å²) in [6.45, 7) is 7.91. The third kappa shape index (κ3) is 5.26. The molecule has 3 rings (SSSR count). The first-order valence-electron chi connectivity index (χ1n) is 10.6. The highest BCUT2D eigenvalue weighted by Crippen LogP contribution is 2.28. The van der Waals surface area contributed by atoms with E-state index in [1.165, 1.54) is 23.0 Å². The fraction of sp³-hybridized carbons (Fsp3) is 0.435. The molecule has 31 heavy (non-hydrogen) atoms. The number of ether oxygens (including phenoxy) is 1. The Morgan fingerprint density at radius 2 is 1.65 bits per heavy atom. The van der Waals surface area contributed by atoms with Gasteiger partial charge in [-0.3, -0.25) is 9.69 Å². The summed E-state index contributed by atoms with van der Waals surface area (Å²) in [7, 11) is -2.31. The third-order valence-electron chi connectivity index (χ3n) is 5.64. The van der Waals surface area contributed by atoms with E-state index in [-0.39, 0.29) is 16.6 Å². The Balaban J connectivity index is 1.74. The van der Waals surface area contributed by atoms with E-state index in [0.717, 1.165) is 19.6 Å². The summed E-state index contributed by atoms with van der Waals surface area (Å²) in [6, 6.07) is 14.9. The summed E-state index contributed by atoms with van der Waals surface area (Å²) in [5.74, 6) is 0.0918. The Hall–Kier alpha value is -2.42. The first-order chi connectivity index (χ1) is 14.9. The van der Waals surface area contributed by atoms with Gasteiger partial charge in [-0.25, -0.2) is 8.42 Å². The van der Waals surface area contributed by atoms with Crippen LogP contribution < -0.4 is 4.74 Å². The molecule has 0 aliphatic carbocycles. The van der Waals surface area contributed by atoms with Crippen LogP contribution in [-0.2, 0) is 16.6 Å². The first kappa shape index (κ1) is 23.2. The number of hydrogen-bond donors (Lipinski definition) is 0. The lowest BCUT2D eigenvalue weighted by Crippen LogP contribution is -2.48. The molecule has 2 aromatic rings. The van der Waals surface area contributed by atoms with Gasteiger partial charge in [0.05, 0.1) is 7.11 Å². The molecule has 0 unspecified atom stereocenters. The van der Waals surface area contributed by atoms with Gasteiger partial charge >= 0.3 is 0 Å². The van der Waals surface area contributed by atoms with Crippen LogP contribution in [0.3, 0.4) is 0 Å². The normalized spacial score (nSPS) is 15.3. The van der Waals surface area contributed by atoms with E-state index >= 15 is 0 Å². The molecule has 1 heterocycles. The van der Waals surface area contributed by atoms with E-state index in [1.807, 2.05) is 18.2 Å². The van der Waals surface area contributed by atoms with Gasteiger partial charge in [-0.1, -0.05) is 44.2 Å². The van der Waals surface area contributed by atoms with Crippen LogP contribution in [0.15, 0.2) is 53.4 Å². The molecular weight excluding hydrogens is 414 g/mol. The predicted molar refractivity (Wildman–Crippen MR) is 121 cm³/mol. The monoisotopic (exact) mass is 445 g/mol. The second kappa shape index (κ2) is 10.3. The molecule has 8 heteroatoms. The van der Waals surface area contributed by atoms with Gasteiger partial charge in [0.1, 0.15) is 10.6 Å². The zero-order valence-corrected chi connectivity index (χ0v) is 19.3. The van der Waals surface area contributed by atoms with Crippen molar-refractivity contribution in [2.75, 3.05) is 46.4 Å². The minimum absolute atomic E-state index is 0.0345.